The van der Waals surface area contributed by atoms with E-state index in [2.05, 4.69) is 15.3 Å². The smallest absolute Gasteiger partial charge is 0.188 e. The minimum Gasteiger partial charge on any atom is -0.487 e. The second kappa shape index (κ2) is 9.78. The van der Waals surface area contributed by atoms with Crippen molar-refractivity contribution in [1.82, 2.24) is 10.3 Å². The topological polar surface area (TPSA) is 72.5 Å². The van der Waals surface area contributed by atoms with Crippen LogP contribution in [0.5, 0.6) is 5.75 Å². The molecular weight excluding hydrogens is 324 g/mol. The lowest BCUT2D eigenvalue weighted by Crippen LogP contribution is -2.34. The summed E-state index contributed by atoms with van der Waals surface area (Å²) in [7, 11) is 0. The van der Waals surface area contributed by atoms with Gasteiger partial charge in [-0.15, -0.1) is 0 Å². The molecule has 1 atom stereocenters. The molecule has 0 radical (unpaired) electrons. The van der Waals surface area contributed by atoms with Crippen LogP contribution >= 0.6 is 11.6 Å². The fourth-order valence-corrected chi connectivity index (χ4v) is 2.27. The number of halogens is 1. The van der Waals surface area contributed by atoms with Crippen LogP contribution in [-0.2, 0) is 6.42 Å². The molecule has 5 nitrogen and oxygen atoms in total. The van der Waals surface area contributed by atoms with E-state index in [1.54, 1.807) is 12.3 Å². The molecule has 0 amide bonds. The lowest BCUT2D eigenvalue weighted by atomic mass is 10.2. The number of nitrogens with one attached hydrogen (secondary N) is 1. The SMILES string of the molecule is CCC(CN=C(N)NCCc1ccccn1)Oc1ccccc1Cl. The maximum absolute atomic E-state index is 6.11. The van der Waals surface area contributed by atoms with Gasteiger partial charge in [-0.2, -0.15) is 0 Å². The Hall–Kier alpha value is -2.27. The second-order valence-corrected chi connectivity index (χ2v) is 5.71. The zero-order valence-corrected chi connectivity index (χ0v) is 14.5. The molecule has 128 valence electrons. The van der Waals surface area contributed by atoms with Crippen LogP contribution in [0.1, 0.15) is 19.0 Å². The monoisotopic (exact) mass is 346 g/mol. The van der Waals surface area contributed by atoms with Gasteiger partial charge in [0.1, 0.15) is 11.9 Å². The van der Waals surface area contributed by atoms with Gasteiger partial charge >= 0.3 is 0 Å². The van der Waals surface area contributed by atoms with Crippen molar-refractivity contribution in [2.75, 3.05) is 13.1 Å². The Kier molecular flexibility index (Phi) is 7.36. The quantitative estimate of drug-likeness (QED) is 0.569. The van der Waals surface area contributed by atoms with Crippen LogP contribution in [0.2, 0.25) is 5.02 Å². The molecule has 1 unspecified atom stereocenters. The van der Waals surface area contributed by atoms with Gasteiger partial charge in [-0.05, 0) is 30.7 Å². The number of aromatic nitrogens is 1. The first kappa shape index (κ1) is 18.1. The zero-order chi connectivity index (χ0) is 17.2. The third kappa shape index (κ3) is 6.08. The molecule has 0 aliphatic carbocycles. The summed E-state index contributed by atoms with van der Waals surface area (Å²) in [5.41, 5.74) is 6.92. The number of guanidine groups is 1. The van der Waals surface area contributed by atoms with E-state index in [0.717, 1.165) is 18.5 Å². The first-order valence-corrected chi connectivity index (χ1v) is 8.41. The fourth-order valence-electron chi connectivity index (χ4n) is 2.09. The van der Waals surface area contributed by atoms with Crippen LogP contribution < -0.4 is 15.8 Å². The molecule has 1 aromatic carbocycles. The van der Waals surface area contributed by atoms with Gasteiger partial charge in [0.15, 0.2) is 5.96 Å². The third-order valence-corrected chi connectivity index (χ3v) is 3.78. The van der Waals surface area contributed by atoms with Crippen molar-refractivity contribution < 1.29 is 4.74 Å². The number of nitrogens with zero attached hydrogens (tertiary/aromatic N) is 2. The summed E-state index contributed by atoms with van der Waals surface area (Å²) in [6, 6.07) is 13.3. The summed E-state index contributed by atoms with van der Waals surface area (Å²) >= 11 is 6.11. The summed E-state index contributed by atoms with van der Waals surface area (Å²) in [5, 5.41) is 3.69. The second-order valence-electron chi connectivity index (χ2n) is 5.30. The number of hydrogen-bond acceptors (Lipinski definition) is 3. The molecule has 0 aliphatic rings. The maximum atomic E-state index is 6.11. The van der Waals surface area contributed by atoms with Gasteiger partial charge in [0.05, 0.1) is 11.6 Å². The van der Waals surface area contributed by atoms with E-state index < -0.39 is 0 Å². The van der Waals surface area contributed by atoms with Crippen LogP contribution in [0, 0.1) is 0 Å². The standard InChI is InChI=1S/C18H23ClN4O/c1-2-15(24-17-9-4-3-8-16(17)19)13-23-18(20)22-12-10-14-7-5-6-11-21-14/h3-9,11,15H,2,10,12-13H2,1H3,(H3,20,22,23). The normalized spacial score (nSPS) is 12.7. The van der Waals surface area contributed by atoms with Crippen molar-refractivity contribution in [2.45, 2.75) is 25.9 Å². The molecule has 0 saturated carbocycles. The molecule has 0 spiro atoms. The van der Waals surface area contributed by atoms with Crippen LogP contribution in [0.4, 0.5) is 0 Å². The number of aliphatic imine (C=N–C) groups is 1. The largest absolute Gasteiger partial charge is 0.487 e. The van der Waals surface area contributed by atoms with Gasteiger partial charge in [0.2, 0.25) is 0 Å². The highest BCUT2D eigenvalue weighted by atomic mass is 35.5. The van der Waals surface area contributed by atoms with Gasteiger partial charge in [-0.3, -0.25) is 4.98 Å². The highest BCUT2D eigenvalue weighted by Crippen LogP contribution is 2.24. The molecule has 6 heteroatoms. The Morgan fingerprint density at radius 3 is 2.79 bits per heavy atom. The number of hydrogen-bond donors (Lipinski definition) is 2. The summed E-state index contributed by atoms with van der Waals surface area (Å²) in [6.07, 6.45) is 3.33. The number of ether oxygens (including phenoxy) is 1. The predicted octanol–water partition coefficient (Wildman–Crippen LogP) is 3.04. The highest BCUT2D eigenvalue weighted by molar-refractivity contribution is 6.32. The van der Waals surface area contributed by atoms with Crippen LogP contribution in [0.15, 0.2) is 53.7 Å². The highest BCUT2D eigenvalue weighted by Gasteiger charge is 2.10. The number of para-hydroxylation sites is 1. The van der Waals surface area contributed by atoms with Crippen LogP contribution in [0.3, 0.4) is 0 Å². The molecule has 2 rings (SSSR count). The molecule has 2 aromatic rings. The molecule has 0 aliphatic heterocycles. The van der Waals surface area contributed by atoms with Crippen LogP contribution in [0.25, 0.3) is 0 Å². The molecule has 1 heterocycles. The van der Waals surface area contributed by atoms with E-state index in [0.29, 0.717) is 29.8 Å². The molecule has 0 saturated heterocycles. The van der Waals surface area contributed by atoms with Gasteiger partial charge in [-0.1, -0.05) is 36.7 Å². The predicted molar refractivity (Wildman–Crippen MR) is 98.6 cm³/mol. The van der Waals surface area contributed by atoms with E-state index in [1.807, 2.05) is 43.3 Å². The molecule has 0 bridgehead atoms. The summed E-state index contributed by atoms with van der Waals surface area (Å²) in [4.78, 5) is 8.61. The number of rotatable bonds is 8. The Balaban J connectivity index is 1.78. The van der Waals surface area contributed by atoms with Crippen molar-refractivity contribution in [3.05, 3.63) is 59.4 Å². The third-order valence-electron chi connectivity index (χ3n) is 3.46. The Bertz CT molecular complexity index is 648. The molecule has 0 fully saturated rings. The fraction of sp³-hybridized carbons (Fsp3) is 0.333. The van der Waals surface area contributed by atoms with Crippen molar-refractivity contribution in [1.29, 1.82) is 0 Å². The number of benzene rings is 1. The van der Waals surface area contributed by atoms with Crippen molar-refractivity contribution in [3.63, 3.8) is 0 Å². The van der Waals surface area contributed by atoms with E-state index in [4.69, 9.17) is 22.1 Å². The van der Waals surface area contributed by atoms with Crippen molar-refractivity contribution in [3.8, 4) is 5.75 Å². The number of nitrogens with two attached hydrogens (primary N) is 1. The van der Waals surface area contributed by atoms with E-state index >= 15 is 0 Å². The van der Waals surface area contributed by atoms with Gasteiger partial charge in [0.25, 0.3) is 0 Å². The Morgan fingerprint density at radius 2 is 2.08 bits per heavy atom. The lowest BCUT2D eigenvalue weighted by Gasteiger charge is -2.17. The van der Waals surface area contributed by atoms with E-state index in [9.17, 15) is 0 Å². The van der Waals surface area contributed by atoms with E-state index in [-0.39, 0.29) is 6.10 Å². The average Bonchev–Trinajstić information content (AvgIpc) is 2.61. The molecule has 3 N–H and O–H groups in total. The molecule has 1 aromatic heterocycles. The van der Waals surface area contributed by atoms with Crippen molar-refractivity contribution in [2.24, 2.45) is 10.7 Å². The summed E-state index contributed by atoms with van der Waals surface area (Å²) < 4.78 is 5.89. The maximum Gasteiger partial charge on any atom is 0.188 e. The Labute approximate surface area is 147 Å². The molecule has 24 heavy (non-hydrogen) atoms. The van der Waals surface area contributed by atoms with Gasteiger partial charge < -0.3 is 15.8 Å². The Morgan fingerprint density at radius 1 is 1.29 bits per heavy atom. The lowest BCUT2D eigenvalue weighted by molar-refractivity contribution is 0.206. The number of pyridine rings is 1. The summed E-state index contributed by atoms with van der Waals surface area (Å²) in [6.45, 7) is 3.21. The summed E-state index contributed by atoms with van der Waals surface area (Å²) in [5.74, 6) is 1.08. The van der Waals surface area contributed by atoms with Crippen molar-refractivity contribution >= 4 is 17.6 Å². The van der Waals surface area contributed by atoms with Gasteiger partial charge in [-0.25, -0.2) is 4.99 Å². The van der Waals surface area contributed by atoms with Gasteiger partial charge in [0, 0.05) is 24.9 Å². The zero-order valence-electron chi connectivity index (χ0n) is 13.8. The first-order valence-electron chi connectivity index (χ1n) is 8.04. The van der Waals surface area contributed by atoms with Crippen LogP contribution in [-0.4, -0.2) is 30.1 Å². The minimum atomic E-state index is -0.0685. The first-order chi connectivity index (χ1) is 11.7. The minimum absolute atomic E-state index is 0.0685. The average molecular weight is 347 g/mol. The molecular formula is C18H23ClN4O. The van der Waals surface area contributed by atoms with E-state index in [1.165, 1.54) is 0 Å².